The molecule has 0 fully saturated rings. The minimum absolute atomic E-state index is 0.234. The minimum atomic E-state index is -3.76. The summed E-state index contributed by atoms with van der Waals surface area (Å²) in [5.41, 5.74) is 2.83. The summed E-state index contributed by atoms with van der Waals surface area (Å²) in [6, 6.07) is 9.16. The van der Waals surface area contributed by atoms with Gasteiger partial charge in [-0.15, -0.1) is 0 Å². The van der Waals surface area contributed by atoms with Crippen molar-refractivity contribution in [3.05, 3.63) is 57.6 Å². The number of amides is 1. The zero-order valence-electron chi connectivity index (χ0n) is 15.6. The highest BCUT2D eigenvalue weighted by molar-refractivity contribution is 7.92. The number of aryl methyl sites for hydroxylation is 2. The van der Waals surface area contributed by atoms with Crippen molar-refractivity contribution in [2.24, 2.45) is 0 Å². The van der Waals surface area contributed by atoms with Gasteiger partial charge in [-0.2, -0.15) is 0 Å². The second-order valence-corrected chi connectivity index (χ2v) is 9.05. The van der Waals surface area contributed by atoms with Crippen LogP contribution >= 0.6 is 23.2 Å². The molecule has 27 heavy (non-hydrogen) atoms. The van der Waals surface area contributed by atoms with E-state index in [1.54, 1.807) is 0 Å². The highest BCUT2D eigenvalue weighted by Gasteiger charge is 2.30. The van der Waals surface area contributed by atoms with E-state index in [1.807, 2.05) is 32.0 Å². The molecule has 0 radical (unpaired) electrons. The Morgan fingerprint density at radius 3 is 2.30 bits per heavy atom. The zero-order valence-corrected chi connectivity index (χ0v) is 17.9. The molecule has 1 atom stereocenters. The first kappa shape index (κ1) is 21.5. The lowest BCUT2D eigenvalue weighted by molar-refractivity contribution is -0.116. The number of anilines is 2. The number of rotatable bonds is 6. The van der Waals surface area contributed by atoms with Crippen molar-refractivity contribution in [1.29, 1.82) is 0 Å². The third kappa shape index (κ3) is 5.15. The van der Waals surface area contributed by atoms with E-state index in [1.165, 1.54) is 25.1 Å². The normalized spacial score (nSPS) is 12.5. The van der Waals surface area contributed by atoms with Gasteiger partial charge in [0, 0.05) is 15.7 Å². The lowest BCUT2D eigenvalue weighted by Crippen LogP contribution is -2.45. The molecule has 5 nitrogen and oxygen atoms in total. The van der Waals surface area contributed by atoms with Crippen LogP contribution < -0.4 is 9.62 Å². The summed E-state index contributed by atoms with van der Waals surface area (Å²) < 4.78 is 25.8. The SMILES string of the molecule is CCc1cccc(C)c1NC(=O)C(C)N(c1cc(Cl)cc(Cl)c1)S(C)(=O)=O. The summed E-state index contributed by atoms with van der Waals surface area (Å²) in [6.45, 7) is 5.41. The summed E-state index contributed by atoms with van der Waals surface area (Å²) in [6.07, 6.45) is 1.78. The minimum Gasteiger partial charge on any atom is -0.324 e. The van der Waals surface area contributed by atoms with Gasteiger partial charge in [0.05, 0.1) is 11.9 Å². The van der Waals surface area contributed by atoms with Gasteiger partial charge in [0.2, 0.25) is 15.9 Å². The third-order valence-corrected chi connectivity index (χ3v) is 5.86. The summed E-state index contributed by atoms with van der Waals surface area (Å²) >= 11 is 12.0. The van der Waals surface area contributed by atoms with Crippen LogP contribution in [-0.4, -0.2) is 26.6 Å². The van der Waals surface area contributed by atoms with Gasteiger partial charge in [-0.25, -0.2) is 8.42 Å². The molecule has 0 saturated heterocycles. The van der Waals surface area contributed by atoms with Crippen LogP contribution in [0.2, 0.25) is 10.0 Å². The van der Waals surface area contributed by atoms with Gasteiger partial charge in [0.15, 0.2) is 0 Å². The van der Waals surface area contributed by atoms with E-state index in [2.05, 4.69) is 5.32 Å². The fourth-order valence-corrected chi connectivity index (χ4v) is 4.58. The first-order valence-corrected chi connectivity index (χ1v) is 11.0. The lowest BCUT2D eigenvalue weighted by atomic mass is 10.1. The molecule has 1 unspecified atom stereocenters. The van der Waals surface area contributed by atoms with Crippen LogP contribution in [0.1, 0.15) is 25.0 Å². The van der Waals surface area contributed by atoms with Crippen LogP contribution in [0.4, 0.5) is 11.4 Å². The summed E-state index contributed by atoms with van der Waals surface area (Å²) in [7, 11) is -3.76. The number of hydrogen-bond donors (Lipinski definition) is 1. The Kier molecular flexibility index (Phi) is 6.78. The van der Waals surface area contributed by atoms with Crippen molar-refractivity contribution in [3.63, 3.8) is 0 Å². The number of halogens is 2. The predicted octanol–water partition coefficient (Wildman–Crippen LogP) is 4.66. The van der Waals surface area contributed by atoms with Gasteiger partial charge in [-0.1, -0.05) is 48.3 Å². The molecule has 0 aliphatic heterocycles. The lowest BCUT2D eigenvalue weighted by Gasteiger charge is -2.29. The molecule has 2 aromatic rings. The molecule has 2 aromatic carbocycles. The van der Waals surface area contributed by atoms with Crippen LogP contribution in [0.15, 0.2) is 36.4 Å². The van der Waals surface area contributed by atoms with Crippen LogP contribution in [0.3, 0.4) is 0 Å². The average molecular weight is 429 g/mol. The molecular formula is C19H22Cl2N2O3S. The molecule has 0 spiro atoms. The van der Waals surface area contributed by atoms with Crippen LogP contribution in [0.5, 0.6) is 0 Å². The Morgan fingerprint density at radius 2 is 1.78 bits per heavy atom. The van der Waals surface area contributed by atoms with Crippen molar-refractivity contribution in [2.45, 2.75) is 33.2 Å². The standard InChI is InChI=1S/C19H22Cl2N2O3S/c1-5-14-8-6-7-12(2)18(14)22-19(24)13(3)23(27(4,25)26)17-10-15(20)9-16(21)11-17/h6-11,13H,5H2,1-4H3,(H,22,24). The monoisotopic (exact) mass is 428 g/mol. The first-order chi connectivity index (χ1) is 12.5. The second kappa shape index (κ2) is 8.50. The van der Waals surface area contributed by atoms with Crippen molar-refractivity contribution in [3.8, 4) is 0 Å². The number of benzene rings is 2. The van der Waals surface area contributed by atoms with Crippen molar-refractivity contribution < 1.29 is 13.2 Å². The van der Waals surface area contributed by atoms with E-state index in [0.717, 1.165) is 28.1 Å². The van der Waals surface area contributed by atoms with Gasteiger partial charge < -0.3 is 5.32 Å². The Hall–Kier alpha value is -1.76. The Bertz CT molecular complexity index is 941. The summed E-state index contributed by atoms with van der Waals surface area (Å²) in [5.74, 6) is -0.444. The first-order valence-electron chi connectivity index (χ1n) is 8.39. The molecule has 0 aromatic heterocycles. The molecule has 0 heterocycles. The topological polar surface area (TPSA) is 66.5 Å². The molecule has 0 saturated carbocycles. The summed E-state index contributed by atoms with van der Waals surface area (Å²) in [4.78, 5) is 12.9. The maximum atomic E-state index is 12.9. The van der Waals surface area contributed by atoms with Crippen LogP contribution in [-0.2, 0) is 21.2 Å². The Balaban J connectivity index is 2.42. The van der Waals surface area contributed by atoms with Crippen molar-refractivity contribution in [2.75, 3.05) is 15.9 Å². The number of carbonyl (C=O) groups is 1. The molecule has 8 heteroatoms. The van der Waals surface area contributed by atoms with E-state index < -0.39 is 22.0 Å². The highest BCUT2D eigenvalue weighted by atomic mass is 35.5. The molecule has 146 valence electrons. The second-order valence-electron chi connectivity index (χ2n) is 6.31. The molecule has 1 N–H and O–H groups in total. The van der Waals surface area contributed by atoms with E-state index in [0.29, 0.717) is 5.69 Å². The molecule has 0 aliphatic carbocycles. The summed E-state index contributed by atoms with van der Waals surface area (Å²) in [5, 5.41) is 3.44. The van der Waals surface area contributed by atoms with Crippen LogP contribution in [0.25, 0.3) is 0 Å². The maximum Gasteiger partial charge on any atom is 0.248 e. The Labute approximate surface area is 170 Å². The van der Waals surface area contributed by atoms with E-state index in [4.69, 9.17) is 23.2 Å². The van der Waals surface area contributed by atoms with Gasteiger partial charge in [0.25, 0.3) is 0 Å². The largest absolute Gasteiger partial charge is 0.324 e. The quantitative estimate of drug-likeness (QED) is 0.727. The fourth-order valence-electron chi connectivity index (χ4n) is 2.90. The smallest absolute Gasteiger partial charge is 0.248 e. The maximum absolute atomic E-state index is 12.9. The van der Waals surface area contributed by atoms with E-state index in [-0.39, 0.29) is 15.7 Å². The molecule has 2 rings (SSSR count). The number of hydrogen-bond acceptors (Lipinski definition) is 3. The number of sulfonamides is 1. The molecule has 0 aliphatic rings. The predicted molar refractivity (Wildman–Crippen MR) is 112 cm³/mol. The van der Waals surface area contributed by atoms with Gasteiger partial charge in [-0.05, 0) is 49.6 Å². The third-order valence-electron chi connectivity index (χ3n) is 4.18. The molecule has 1 amide bonds. The van der Waals surface area contributed by atoms with Crippen molar-refractivity contribution in [1.82, 2.24) is 0 Å². The fraction of sp³-hybridized carbons (Fsp3) is 0.316. The molecular weight excluding hydrogens is 407 g/mol. The van der Waals surface area contributed by atoms with Gasteiger partial charge in [0.1, 0.15) is 6.04 Å². The number of nitrogens with one attached hydrogen (secondary N) is 1. The number of nitrogens with zero attached hydrogens (tertiary/aromatic N) is 1. The highest BCUT2D eigenvalue weighted by Crippen LogP contribution is 2.29. The van der Waals surface area contributed by atoms with E-state index in [9.17, 15) is 13.2 Å². The average Bonchev–Trinajstić information content (AvgIpc) is 2.54. The number of para-hydroxylation sites is 1. The molecule has 0 bridgehead atoms. The number of carbonyl (C=O) groups excluding carboxylic acids is 1. The van der Waals surface area contributed by atoms with E-state index >= 15 is 0 Å². The van der Waals surface area contributed by atoms with Crippen LogP contribution in [0, 0.1) is 6.92 Å². The van der Waals surface area contributed by atoms with Gasteiger partial charge in [-0.3, -0.25) is 9.10 Å². The zero-order chi connectivity index (χ0) is 20.4. The Morgan fingerprint density at radius 1 is 1.19 bits per heavy atom. The van der Waals surface area contributed by atoms with Crippen molar-refractivity contribution >= 4 is 50.5 Å². The van der Waals surface area contributed by atoms with Gasteiger partial charge >= 0.3 is 0 Å².